The van der Waals surface area contributed by atoms with Crippen molar-refractivity contribution in [2.75, 3.05) is 0 Å². The Balaban J connectivity index is 1.94. The molecule has 5 nitrogen and oxygen atoms in total. The smallest absolute Gasteiger partial charge is 0.326 e. The van der Waals surface area contributed by atoms with E-state index in [2.05, 4.69) is 5.32 Å². The Morgan fingerprint density at radius 2 is 1.45 bits per heavy atom. The van der Waals surface area contributed by atoms with Gasteiger partial charge in [-0.15, -0.1) is 0 Å². The lowest BCUT2D eigenvalue weighted by atomic mass is 9.94. The van der Waals surface area contributed by atoms with Crippen molar-refractivity contribution in [1.82, 2.24) is 5.32 Å². The molecule has 2 N–H and O–H groups in total. The lowest BCUT2D eigenvalue weighted by Gasteiger charge is -2.18. The SMILES string of the molecule is O=C(CC(C(=O)CCc1ccccc1)C(F)F)N[C@@H](Cc1ccccc1)C(=O)O. The van der Waals surface area contributed by atoms with Gasteiger partial charge in [0, 0.05) is 19.3 Å². The highest BCUT2D eigenvalue weighted by atomic mass is 19.3. The molecule has 0 saturated carbocycles. The monoisotopic (exact) mass is 403 g/mol. The van der Waals surface area contributed by atoms with E-state index in [1.165, 1.54) is 0 Å². The first-order chi connectivity index (χ1) is 13.9. The van der Waals surface area contributed by atoms with Crippen LogP contribution in [-0.2, 0) is 27.2 Å². The third-order valence-electron chi connectivity index (χ3n) is 4.54. The molecule has 2 rings (SSSR count). The Hall–Kier alpha value is -3.09. The van der Waals surface area contributed by atoms with Gasteiger partial charge in [-0.25, -0.2) is 13.6 Å². The molecule has 0 heterocycles. The number of aliphatic carboxylic acids is 1. The van der Waals surface area contributed by atoms with Crippen LogP contribution >= 0.6 is 0 Å². The van der Waals surface area contributed by atoms with Crippen LogP contribution in [0, 0.1) is 5.92 Å². The average Bonchev–Trinajstić information content (AvgIpc) is 2.71. The Kier molecular flexibility index (Phi) is 8.45. The van der Waals surface area contributed by atoms with E-state index in [-0.39, 0.29) is 12.8 Å². The summed E-state index contributed by atoms with van der Waals surface area (Å²) in [6.45, 7) is 0. The van der Waals surface area contributed by atoms with Crippen LogP contribution in [0.2, 0.25) is 0 Å². The van der Waals surface area contributed by atoms with Gasteiger partial charge in [0.25, 0.3) is 0 Å². The number of hydrogen-bond donors (Lipinski definition) is 2. The number of nitrogens with one attached hydrogen (secondary N) is 1. The summed E-state index contributed by atoms with van der Waals surface area (Å²) in [5.41, 5.74) is 1.52. The van der Waals surface area contributed by atoms with E-state index in [9.17, 15) is 28.3 Å². The van der Waals surface area contributed by atoms with Crippen molar-refractivity contribution in [3.8, 4) is 0 Å². The van der Waals surface area contributed by atoms with Crippen molar-refractivity contribution < 1.29 is 28.3 Å². The molecule has 2 atom stereocenters. The number of aryl methyl sites for hydroxylation is 1. The fourth-order valence-electron chi connectivity index (χ4n) is 2.94. The maximum atomic E-state index is 13.4. The molecule has 0 aliphatic heterocycles. The Morgan fingerprint density at radius 3 is 1.97 bits per heavy atom. The van der Waals surface area contributed by atoms with Crippen molar-refractivity contribution in [3.63, 3.8) is 0 Å². The van der Waals surface area contributed by atoms with Crippen molar-refractivity contribution in [1.29, 1.82) is 0 Å². The molecule has 1 amide bonds. The highest BCUT2D eigenvalue weighted by molar-refractivity contribution is 5.89. The summed E-state index contributed by atoms with van der Waals surface area (Å²) in [6.07, 6.45) is -3.54. The molecule has 1 unspecified atom stereocenters. The Labute approximate surface area is 167 Å². The van der Waals surface area contributed by atoms with Crippen LogP contribution in [0.25, 0.3) is 0 Å². The minimum atomic E-state index is -3.00. The summed E-state index contributed by atoms with van der Waals surface area (Å²) in [7, 11) is 0. The Bertz CT molecular complexity index is 812. The first-order valence-corrected chi connectivity index (χ1v) is 9.27. The predicted octanol–water partition coefficient (Wildman–Crippen LogP) is 3.27. The number of carboxylic acids is 1. The van der Waals surface area contributed by atoms with Crippen LogP contribution in [0.15, 0.2) is 60.7 Å². The van der Waals surface area contributed by atoms with Gasteiger partial charge in [0.15, 0.2) is 0 Å². The number of Topliss-reactive ketones (excluding diaryl/α,β-unsaturated/α-hetero) is 1. The largest absolute Gasteiger partial charge is 0.480 e. The summed E-state index contributed by atoms with van der Waals surface area (Å²) in [4.78, 5) is 35.8. The highest BCUT2D eigenvalue weighted by Gasteiger charge is 2.31. The zero-order valence-corrected chi connectivity index (χ0v) is 15.8. The van der Waals surface area contributed by atoms with Gasteiger partial charge in [-0.05, 0) is 17.5 Å². The molecule has 0 spiro atoms. The van der Waals surface area contributed by atoms with E-state index in [4.69, 9.17) is 0 Å². The zero-order valence-electron chi connectivity index (χ0n) is 15.8. The fraction of sp³-hybridized carbons (Fsp3) is 0.318. The summed E-state index contributed by atoms with van der Waals surface area (Å²) in [5.74, 6) is -4.63. The zero-order chi connectivity index (χ0) is 21.2. The van der Waals surface area contributed by atoms with E-state index in [0.717, 1.165) is 5.56 Å². The van der Waals surface area contributed by atoms with Crippen LogP contribution < -0.4 is 5.32 Å². The van der Waals surface area contributed by atoms with E-state index >= 15 is 0 Å². The number of carboxylic acid groups (broad SMARTS) is 1. The molecule has 0 aliphatic carbocycles. The summed E-state index contributed by atoms with van der Waals surface area (Å²) >= 11 is 0. The maximum Gasteiger partial charge on any atom is 0.326 e. The lowest BCUT2D eigenvalue weighted by Crippen LogP contribution is -2.44. The number of halogens is 2. The van der Waals surface area contributed by atoms with E-state index in [0.29, 0.717) is 12.0 Å². The summed E-state index contributed by atoms with van der Waals surface area (Å²) < 4.78 is 26.7. The minimum absolute atomic E-state index is 0.0171. The number of carbonyl (C=O) groups excluding carboxylic acids is 2. The van der Waals surface area contributed by atoms with E-state index < -0.39 is 42.5 Å². The highest BCUT2D eigenvalue weighted by Crippen LogP contribution is 2.19. The van der Waals surface area contributed by atoms with Gasteiger partial charge in [-0.2, -0.15) is 0 Å². The average molecular weight is 403 g/mol. The number of alkyl halides is 2. The lowest BCUT2D eigenvalue weighted by molar-refractivity contribution is -0.142. The van der Waals surface area contributed by atoms with Crippen molar-refractivity contribution in [3.05, 3.63) is 71.8 Å². The number of ketones is 1. The number of amides is 1. The molecule has 0 aliphatic rings. The molecule has 29 heavy (non-hydrogen) atoms. The second-order valence-corrected chi connectivity index (χ2v) is 6.75. The molecule has 7 heteroatoms. The van der Waals surface area contributed by atoms with Gasteiger partial charge >= 0.3 is 5.97 Å². The topological polar surface area (TPSA) is 83.5 Å². The molecule has 0 fully saturated rings. The van der Waals surface area contributed by atoms with Gasteiger partial charge < -0.3 is 10.4 Å². The van der Waals surface area contributed by atoms with Crippen LogP contribution in [-0.4, -0.2) is 35.2 Å². The molecule has 2 aromatic rings. The summed E-state index contributed by atoms with van der Waals surface area (Å²) in [5, 5.41) is 11.6. The normalized spacial score (nSPS) is 12.9. The van der Waals surface area contributed by atoms with Crippen LogP contribution in [0.3, 0.4) is 0 Å². The number of hydrogen-bond acceptors (Lipinski definition) is 3. The van der Waals surface area contributed by atoms with Gasteiger partial charge in [0.1, 0.15) is 11.8 Å². The second kappa shape index (κ2) is 11.0. The predicted molar refractivity (Wildman–Crippen MR) is 104 cm³/mol. The standard InChI is InChI=1S/C22H23F2NO4/c23-21(24)17(19(26)12-11-15-7-3-1-4-8-15)14-20(27)25-18(22(28)29)13-16-9-5-2-6-10-16/h1-10,17-18,21H,11-14H2,(H,25,27)(H,28,29)/t17?,18-/m0/s1. The molecule has 0 aromatic heterocycles. The Morgan fingerprint density at radius 1 is 0.897 bits per heavy atom. The van der Waals surface area contributed by atoms with E-state index in [1.807, 2.05) is 6.07 Å². The minimum Gasteiger partial charge on any atom is -0.480 e. The third kappa shape index (κ3) is 7.44. The van der Waals surface area contributed by atoms with Crippen LogP contribution in [0.5, 0.6) is 0 Å². The van der Waals surface area contributed by atoms with Crippen molar-refractivity contribution in [2.45, 2.75) is 38.2 Å². The molecular formula is C22H23F2NO4. The first kappa shape index (κ1) is 22.2. The first-order valence-electron chi connectivity index (χ1n) is 9.27. The van der Waals surface area contributed by atoms with Gasteiger partial charge in [-0.3, -0.25) is 9.59 Å². The third-order valence-corrected chi connectivity index (χ3v) is 4.54. The van der Waals surface area contributed by atoms with Crippen molar-refractivity contribution in [2.24, 2.45) is 5.92 Å². The molecule has 154 valence electrons. The van der Waals surface area contributed by atoms with E-state index in [1.54, 1.807) is 54.6 Å². The van der Waals surface area contributed by atoms with Crippen LogP contribution in [0.1, 0.15) is 24.0 Å². The fourth-order valence-corrected chi connectivity index (χ4v) is 2.94. The molecule has 0 radical (unpaired) electrons. The van der Waals surface area contributed by atoms with Crippen molar-refractivity contribution >= 4 is 17.7 Å². The molecule has 0 bridgehead atoms. The maximum absolute atomic E-state index is 13.4. The molecule has 0 saturated heterocycles. The van der Waals surface area contributed by atoms with Gasteiger partial charge in [0.2, 0.25) is 12.3 Å². The van der Waals surface area contributed by atoms with Gasteiger partial charge in [-0.1, -0.05) is 60.7 Å². The number of benzene rings is 2. The van der Waals surface area contributed by atoms with Crippen LogP contribution in [0.4, 0.5) is 8.78 Å². The molecular weight excluding hydrogens is 380 g/mol. The number of carbonyl (C=O) groups is 3. The second-order valence-electron chi connectivity index (χ2n) is 6.75. The van der Waals surface area contributed by atoms with Gasteiger partial charge in [0.05, 0.1) is 5.92 Å². The number of rotatable bonds is 11. The molecule has 2 aromatic carbocycles. The summed E-state index contributed by atoms with van der Waals surface area (Å²) in [6, 6.07) is 16.3. The quantitative estimate of drug-likeness (QED) is 0.603.